The number of pyridine rings is 1. The minimum atomic E-state index is -4.48. The fourth-order valence-electron chi connectivity index (χ4n) is 2.09. The number of rotatable bonds is 3. The Balaban J connectivity index is 0.00000242. The summed E-state index contributed by atoms with van der Waals surface area (Å²) in [4.78, 5) is 17.6. The van der Waals surface area contributed by atoms with Gasteiger partial charge in [0.05, 0.1) is 0 Å². The summed E-state index contributed by atoms with van der Waals surface area (Å²) in [6.07, 6.45) is -1.85. The fraction of sp³-hybridized carbons (Fsp3) is 0.538. The molecule has 0 radical (unpaired) electrons. The molecule has 0 unspecified atom stereocenters. The number of amides is 1. The summed E-state index contributed by atoms with van der Waals surface area (Å²) >= 11 is 0. The SMILES string of the molecule is Cl.Cl.NC1CCN(C(=O)c2cccnc2OCC(F)(F)F)CC1. The zero-order chi connectivity index (χ0) is 15.5. The monoisotopic (exact) mass is 375 g/mol. The molecule has 2 rings (SSSR count). The molecule has 5 nitrogen and oxygen atoms in total. The highest BCUT2D eigenvalue weighted by Gasteiger charge is 2.30. The lowest BCUT2D eigenvalue weighted by molar-refractivity contribution is -0.154. The van der Waals surface area contributed by atoms with Gasteiger partial charge in [0.25, 0.3) is 5.91 Å². The van der Waals surface area contributed by atoms with Crippen molar-refractivity contribution in [3.63, 3.8) is 0 Å². The number of carbonyl (C=O) groups is 1. The Bertz CT molecular complexity index is 509. The molecule has 0 aliphatic carbocycles. The normalized spacial score (nSPS) is 15.4. The number of hydrogen-bond acceptors (Lipinski definition) is 4. The number of nitrogens with zero attached hydrogens (tertiary/aromatic N) is 2. The minimum Gasteiger partial charge on any atom is -0.467 e. The van der Waals surface area contributed by atoms with E-state index in [0.717, 1.165) is 0 Å². The van der Waals surface area contributed by atoms with Gasteiger partial charge < -0.3 is 15.4 Å². The van der Waals surface area contributed by atoms with Crippen LogP contribution in [0.5, 0.6) is 5.88 Å². The van der Waals surface area contributed by atoms with Gasteiger partial charge in [0.2, 0.25) is 5.88 Å². The lowest BCUT2D eigenvalue weighted by Gasteiger charge is -2.30. The van der Waals surface area contributed by atoms with E-state index in [9.17, 15) is 18.0 Å². The van der Waals surface area contributed by atoms with Gasteiger partial charge in [-0.3, -0.25) is 4.79 Å². The van der Waals surface area contributed by atoms with E-state index in [2.05, 4.69) is 9.72 Å². The predicted molar refractivity (Wildman–Crippen MR) is 83.4 cm³/mol. The highest BCUT2D eigenvalue weighted by molar-refractivity contribution is 5.96. The van der Waals surface area contributed by atoms with Crippen molar-refractivity contribution >= 4 is 30.7 Å². The van der Waals surface area contributed by atoms with Gasteiger partial charge in [0, 0.05) is 25.3 Å². The summed E-state index contributed by atoms with van der Waals surface area (Å²) in [5, 5.41) is 0. The van der Waals surface area contributed by atoms with Crippen LogP contribution in [0.3, 0.4) is 0 Å². The first-order valence-electron chi connectivity index (χ1n) is 6.56. The van der Waals surface area contributed by atoms with Crippen LogP contribution in [0.25, 0.3) is 0 Å². The van der Waals surface area contributed by atoms with Gasteiger partial charge in [-0.1, -0.05) is 0 Å². The predicted octanol–water partition coefficient (Wildman–Crippen LogP) is 2.43. The Labute approximate surface area is 144 Å². The van der Waals surface area contributed by atoms with E-state index in [-0.39, 0.29) is 48.2 Å². The third-order valence-electron chi connectivity index (χ3n) is 3.20. The molecule has 1 fully saturated rings. The molecule has 1 aliphatic rings. The molecule has 0 saturated carbocycles. The van der Waals surface area contributed by atoms with Crippen LogP contribution in [0, 0.1) is 0 Å². The topological polar surface area (TPSA) is 68.5 Å². The first kappa shape index (κ1) is 21.8. The van der Waals surface area contributed by atoms with Crippen LogP contribution in [-0.2, 0) is 0 Å². The number of aromatic nitrogens is 1. The molecular weight excluding hydrogens is 358 g/mol. The number of hydrogen-bond donors (Lipinski definition) is 1. The van der Waals surface area contributed by atoms with Crippen molar-refractivity contribution in [3.8, 4) is 5.88 Å². The summed E-state index contributed by atoms with van der Waals surface area (Å²) in [6.45, 7) is -0.517. The van der Waals surface area contributed by atoms with Crippen molar-refractivity contribution in [2.75, 3.05) is 19.7 Å². The maximum atomic E-state index is 12.3. The molecule has 1 saturated heterocycles. The number of ether oxygens (including phenoxy) is 1. The minimum absolute atomic E-state index is 0. The highest BCUT2D eigenvalue weighted by Crippen LogP contribution is 2.22. The lowest BCUT2D eigenvalue weighted by Crippen LogP contribution is -2.43. The largest absolute Gasteiger partial charge is 0.467 e. The molecule has 0 atom stereocenters. The average Bonchev–Trinajstić information content (AvgIpc) is 2.45. The number of piperidine rings is 1. The van der Waals surface area contributed by atoms with Crippen molar-refractivity contribution in [1.29, 1.82) is 0 Å². The first-order valence-corrected chi connectivity index (χ1v) is 6.56. The van der Waals surface area contributed by atoms with Crippen LogP contribution in [-0.4, -0.2) is 47.7 Å². The Morgan fingerprint density at radius 3 is 2.52 bits per heavy atom. The summed E-state index contributed by atoms with van der Waals surface area (Å²) in [5.74, 6) is -0.679. The number of carbonyl (C=O) groups excluding carboxylic acids is 1. The second kappa shape index (κ2) is 9.14. The Morgan fingerprint density at radius 2 is 1.96 bits per heavy atom. The van der Waals surface area contributed by atoms with E-state index < -0.39 is 12.8 Å². The molecule has 1 aliphatic heterocycles. The van der Waals surface area contributed by atoms with E-state index in [4.69, 9.17) is 5.73 Å². The van der Waals surface area contributed by atoms with Crippen LogP contribution < -0.4 is 10.5 Å². The second-order valence-corrected chi connectivity index (χ2v) is 4.89. The summed E-state index contributed by atoms with van der Waals surface area (Å²) < 4.78 is 41.3. The van der Waals surface area contributed by atoms with Crippen LogP contribution in [0.2, 0.25) is 0 Å². The number of halogens is 5. The molecule has 0 bridgehead atoms. The van der Waals surface area contributed by atoms with Crippen molar-refractivity contribution in [1.82, 2.24) is 9.88 Å². The Morgan fingerprint density at radius 1 is 1.35 bits per heavy atom. The summed E-state index contributed by atoms with van der Waals surface area (Å²) in [6, 6.07) is 2.96. The quantitative estimate of drug-likeness (QED) is 0.880. The fourth-order valence-corrected chi connectivity index (χ4v) is 2.09. The van der Waals surface area contributed by atoms with E-state index >= 15 is 0 Å². The number of alkyl halides is 3. The highest BCUT2D eigenvalue weighted by atomic mass is 35.5. The lowest BCUT2D eigenvalue weighted by atomic mass is 10.1. The van der Waals surface area contributed by atoms with Crippen molar-refractivity contribution in [2.45, 2.75) is 25.1 Å². The van der Waals surface area contributed by atoms with Crippen LogP contribution in [0.4, 0.5) is 13.2 Å². The standard InChI is InChI=1S/C13H16F3N3O2.2ClH/c14-13(15,16)8-21-11-10(2-1-5-18-11)12(20)19-6-3-9(17)4-7-19;;/h1-2,5,9H,3-4,6-8,17H2;2*1H. The van der Waals surface area contributed by atoms with E-state index in [1.165, 1.54) is 18.3 Å². The Hall–Kier alpha value is -1.25. The van der Waals surface area contributed by atoms with E-state index in [1.807, 2.05) is 0 Å². The first-order chi connectivity index (χ1) is 9.87. The van der Waals surface area contributed by atoms with Gasteiger partial charge in [-0.25, -0.2) is 4.98 Å². The molecule has 2 heterocycles. The zero-order valence-corrected chi connectivity index (χ0v) is 13.7. The van der Waals surface area contributed by atoms with E-state index in [0.29, 0.717) is 25.9 Å². The molecule has 10 heteroatoms. The molecule has 1 amide bonds. The second-order valence-electron chi connectivity index (χ2n) is 4.89. The van der Waals surface area contributed by atoms with Gasteiger partial charge >= 0.3 is 6.18 Å². The zero-order valence-electron chi connectivity index (χ0n) is 12.1. The molecule has 0 spiro atoms. The van der Waals surface area contributed by atoms with Gasteiger partial charge in [0.1, 0.15) is 5.56 Å². The van der Waals surface area contributed by atoms with Gasteiger partial charge in [-0.15, -0.1) is 24.8 Å². The molecule has 23 heavy (non-hydrogen) atoms. The number of likely N-dealkylation sites (tertiary alicyclic amines) is 1. The van der Waals surface area contributed by atoms with Crippen LogP contribution in [0.1, 0.15) is 23.2 Å². The molecule has 0 aromatic carbocycles. The van der Waals surface area contributed by atoms with Crippen molar-refractivity contribution in [3.05, 3.63) is 23.9 Å². The van der Waals surface area contributed by atoms with E-state index in [1.54, 1.807) is 4.90 Å². The number of nitrogens with two attached hydrogens (primary N) is 1. The van der Waals surface area contributed by atoms with Gasteiger partial charge in [0.15, 0.2) is 6.61 Å². The molecule has 2 N–H and O–H groups in total. The van der Waals surface area contributed by atoms with Crippen molar-refractivity contribution < 1.29 is 22.7 Å². The third-order valence-corrected chi connectivity index (χ3v) is 3.20. The molecular formula is C13H18Cl2F3N3O2. The molecule has 1 aromatic heterocycles. The van der Waals surface area contributed by atoms with Crippen LogP contribution in [0.15, 0.2) is 18.3 Å². The average molecular weight is 376 g/mol. The van der Waals surface area contributed by atoms with Gasteiger partial charge in [-0.05, 0) is 25.0 Å². The van der Waals surface area contributed by atoms with Crippen LogP contribution >= 0.6 is 24.8 Å². The maximum absolute atomic E-state index is 12.3. The summed E-state index contributed by atoms with van der Waals surface area (Å²) in [7, 11) is 0. The van der Waals surface area contributed by atoms with Gasteiger partial charge in [-0.2, -0.15) is 13.2 Å². The third kappa shape index (κ3) is 6.40. The summed E-state index contributed by atoms with van der Waals surface area (Å²) in [5.41, 5.74) is 5.80. The van der Waals surface area contributed by atoms with Crippen molar-refractivity contribution in [2.24, 2.45) is 5.73 Å². The Kier molecular flexibility index (Phi) is 8.65. The smallest absolute Gasteiger partial charge is 0.422 e. The molecule has 1 aromatic rings. The maximum Gasteiger partial charge on any atom is 0.422 e. The molecule has 132 valence electrons.